The minimum Gasteiger partial charge on any atom is -0.311 e. The van der Waals surface area contributed by atoms with Crippen molar-refractivity contribution in [1.29, 1.82) is 0 Å². The summed E-state index contributed by atoms with van der Waals surface area (Å²) >= 11 is 0. The van der Waals surface area contributed by atoms with Gasteiger partial charge in [-0.15, -0.1) is 0 Å². The predicted molar refractivity (Wildman–Crippen MR) is 52.2 cm³/mol. The Hall–Kier alpha value is -0.0400. The summed E-state index contributed by atoms with van der Waals surface area (Å²) in [6.07, 6.45) is 10.1. The highest BCUT2D eigenvalue weighted by Crippen LogP contribution is 2.38. The fraction of sp³-hybridized carbons (Fsp3) is 1.00. The zero-order chi connectivity index (χ0) is 8.44. The smallest absolute Gasteiger partial charge is 0.0179 e. The van der Waals surface area contributed by atoms with E-state index in [2.05, 4.69) is 12.2 Å². The normalized spacial score (nSPS) is 35.8. The largest absolute Gasteiger partial charge is 0.311 e. The third kappa shape index (κ3) is 1.82. The van der Waals surface area contributed by atoms with Gasteiger partial charge in [-0.25, -0.2) is 0 Å². The summed E-state index contributed by atoms with van der Waals surface area (Å²) in [4.78, 5) is 0. The maximum atomic E-state index is 3.70. The highest BCUT2D eigenvalue weighted by molar-refractivity contribution is 4.93. The molecule has 1 saturated heterocycles. The minimum absolute atomic E-state index is 0.558. The molecule has 1 aliphatic carbocycles. The highest BCUT2D eigenvalue weighted by Gasteiger charge is 2.33. The molecule has 0 amide bonds. The Morgan fingerprint density at radius 3 is 2.75 bits per heavy atom. The molecule has 1 aliphatic heterocycles. The lowest BCUT2D eigenvalue weighted by atomic mass is 9.88. The molecule has 0 aromatic carbocycles. The van der Waals surface area contributed by atoms with E-state index in [1.165, 1.54) is 51.5 Å². The summed E-state index contributed by atoms with van der Waals surface area (Å²) in [6, 6.07) is 0. The minimum atomic E-state index is 0.558. The van der Waals surface area contributed by atoms with Gasteiger partial charge in [-0.3, -0.25) is 0 Å². The van der Waals surface area contributed by atoms with Gasteiger partial charge in [-0.1, -0.05) is 19.8 Å². The molecule has 1 N–H and O–H groups in total. The van der Waals surface area contributed by atoms with Gasteiger partial charge < -0.3 is 5.32 Å². The summed E-state index contributed by atoms with van der Waals surface area (Å²) in [6.45, 7) is 3.60. The van der Waals surface area contributed by atoms with Gasteiger partial charge >= 0.3 is 0 Å². The van der Waals surface area contributed by atoms with Gasteiger partial charge in [0.2, 0.25) is 0 Å². The molecule has 1 unspecified atom stereocenters. The Kier molecular flexibility index (Phi) is 2.40. The summed E-state index contributed by atoms with van der Waals surface area (Å²) in [5.74, 6) is 1.11. The third-order valence-corrected chi connectivity index (χ3v) is 3.74. The van der Waals surface area contributed by atoms with Crippen LogP contribution in [0.4, 0.5) is 0 Å². The second-order valence-corrected chi connectivity index (χ2v) is 4.65. The van der Waals surface area contributed by atoms with Crippen LogP contribution in [0, 0.1) is 5.92 Å². The van der Waals surface area contributed by atoms with Crippen molar-refractivity contribution in [3.05, 3.63) is 0 Å². The molecule has 1 saturated carbocycles. The van der Waals surface area contributed by atoms with Crippen molar-refractivity contribution in [3.63, 3.8) is 0 Å². The van der Waals surface area contributed by atoms with E-state index in [4.69, 9.17) is 0 Å². The molecule has 2 fully saturated rings. The van der Waals surface area contributed by atoms with Crippen LogP contribution in [-0.4, -0.2) is 12.1 Å². The van der Waals surface area contributed by atoms with Crippen molar-refractivity contribution < 1.29 is 0 Å². The lowest BCUT2D eigenvalue weighted by Gasteiger charge is -2.28. The molecule has 0 aromatic rings. The average molecular weight is 167 g/mol. The van der Waals surface area contributed by atoms with Crippen LogP contribution in [0.3, 0.4) is 0 Å². The van der Waals surface area contributed by atoms with Gasteiger partial charge in [0.15, 0.2) is 0 Å². The van der Waals surface area contributed by atoms with Gasteiger partial charge in [0, 0.05) is 5.54 Å². The lowest BCUT2D eigenvalue weighted by molar-refractivity contribution is 0.320. The molecule has 1 atom stereocenters. The lowest BCUT2D eigenvalue weighted by Crippen LogP contribution is -2.38. The zero-order valence-corrected chi connectivity index (χ0v) is 8.23. The fourth-order valence-corrected chi connectivity index (χ4v) is 2.45. The second kappa shape index (κ2) is 3.37. The molecule has 2 rings (SSSR count). The van der Waals surface area contributed by atoms with Crippen LogP contribution >= 0.6 is 0 Å². The molecule has 0 spiro atoms. The zero-order valence-electron chi connectivity index (χ0n) is 8.23. The van der Waals surface area contributed by atoms with Crippen molar-refractivity contribution in [2.75, 3.05) is 6.54 Å². The number of nitrogens with one attached hydrogen (secondary N) is 1. The van der Waals surface area contributed by atoms with Crippen LogP contribution in [0.5, 0.6) is 0 Å². The van der Waals surface area contributed by atoms with E-state index >= 15 is 0 Å². The van der Waals surface area contributed by atoms with Crippen molar-refractivity contribution in [2.45, 2.75) is 57.4 Å². The Bertz CT molecular complexity index is 143. The van der Waals surface area contributed by atoms with E-state index in [-0.39, 0.29) is 0 Å². The quantitative estimate of drug-likeness (QED) is 0.679. The van der Waals surface area contributed by atoms with Gasteiger partial charge in [-0.2, -0.15) is 0 Å². The molecule has 2 aliphatic rings. The summed E-state index contributed by atoms with van der Waals surface area (Å²) in [7, 11) is 0. The van der Waals surface area contributed by atoms with Gasteiger partial charge in [-0.05, 0) is 44.6 Å². The van der Waals surface area contributed by atoms with Gasteiger partial charge in [0.1, 0.15) is 0 Å². The second-order valence-electron chi connectivity index (χ2n) is 4.65. The Morgan fingerprint density at radius 1 is 1.42 bits per heavy atom. The van der Waals surface area contributed by atoms with Crippen LogP contribution in [0.1, 0.15) is 51.9 Å². The van der Waals surface area contributed by atoms with E-state index in [0.29, 0.717) is 5.54 Å². The van der Waals surface area contributed by atoms with Gasteiger partial charge in [0.25, 0.3) is 0 Å². The van der Waals surface area contributed by atoms with Crippen LogP contribution in [0.25, 0.3) is 0 Å². The summed E-state index contributed by atoms with van der Waals surface area (Å²) < 4.78 is 0. The first kappa shape index (κ1) is 8.55. The van der Waals surface area contributed by atoms with Crippen LogP contribution in [0.15, 0.2) is 0 Å². The molecular formula is C11H21N. The first-order valence-corrected chi connectivity index (χ1v) is 5.60. The van der Waals surface area contributed by atoms with Crippen molar-refractivity contribution >= 4 is 0 Å². The molecule has 12 heavy (non-hydrogen) atoms. The summed E-state index contributed by atoms with van der Waals surface area (Å²) in [5, 5.41) is 3.70. The Morgan fingerprint density at radius 2 is 2.25 bits per heavy atom. The van der Waals surface area contributed by atoms with E-state index in [9.17, 15) is 0 Å². The third-order valence-electron chi connectivity index (χ3n) is 3.74. The standard InChI is InChI=1S/C11H21N/c1-2-11(7-3-9-12-11)8-6-10-4-5-10/h10,12H,2-9H2,1H3. The first-order chi connectivity index (χ1) is 5.85. The van der Waals surface area contributed by atoms with E-state index in [1.54, 1.807) is 0 Å². The topological polar surface area (TPSA) is 12.0 Å². The maximum Gasteiger partial charge on any atom is 0.0179 e. The number of hydrogen-bond acceptors (Lipinski definition) is 1. The van der Waals surface area contributed by atoms with Gasteiger partial charge in [0.05, 0.1) is 0 Å². The van der Waals surface area contributed by atoms with E-state index < -0.39 is 0 Å². The molecule has 1 heteroatoms. The van der Waals surface area contributed by atoms with E-state index in [0.717, 1.165) is 5.92 Å². The van der Waals surface area contributed by atoms with Crippen molar-refractivity contribution in [3.8, 4) is 0 Å². The molecular weight excluding hydrogens is 146 g/mol. The number of hydrogen-bond donors (Lipinski definition) is 1. The molecule has 0 aromatic heterocycles. The van der Waals surface area contributed by atoms with Crippen LogP contribution in [-0.2, 0) is 0 Å². The Balaban J connectivity index is 1.79. The molecule has 1 nitrogen and oxygen atoms in total. The Labute approximate surface area is 75.9 Å². The van der Waals surface area contributed by atoms with Crippen LogP contribution in [0.2, 0.25) is 0 Å². The average Bonchev–Trinajstić information content (AvgIpc) is 2.82. The predicted octanol–water partition coefficient (Wildman–Crippen LogP) is 2.71. The number of rotatable bonds is 4. The van der Waals surface area contributed by atoms with E-state index in [1.807, 2.05) is 0 Å². The molecule has 70 valence electrons. The van der Waals surface area contributed by atoms with Crippen molar-refractivity contribution in [2.24, 2.45) is 5.92 Å². The van der Waals surface area contributed by atoms with Crippen LogP contribution < -0.4 is 5.32 Å². The highest BCUT2D eigenvalue weighted by atomic mass is 15.0. The first-order valence-electron chi connectivity index (χ1n) is 5.60. The maximum absolute atomic E-state index is 3.70. The molecule has 0 radical (unpaired) electrons. The molecule has 1 heterocycles. The monoisotopic (exact) mass is 167 g/mol. The van der Waals surface area contributed by atoms with Crippen molar-refractivity contribution in [1.82, 2.24) is 5.32 Å². The summed E-state index contributed by atoms with van der Waals surface area (Å²) in [5.41, 5.74) is 0.558. The fourth-order valence-electron chi connectivity index (χ4n) is 2.45. The SMILES string of the molecule is CCC1(CCC2CC2)CCCN1. The molecule has 0 bridgehead atoms.